The molecule has 34 heavy (non-hydrogen) atoms. The SMILES string of the molecule is Nc1nccn2c(C3CCC(CNC(=O)C4=CCC=C4)CC3)nc(-c3cc4ccccc4[nH]3)c12. The van der Waals surface area contributed by atoms with Gasteiger partial charge in [0.05, 0.1) is 5.69 Å². The first kappa shape index (κ1) is 20.7. The van der Waals surface area contributed by atoms with Gasteiger partial charge in [-0.15, -0.1) is 0 Å². The standard InChI is InChI=1S/C27H28N6O/c28-25-24-23(22-15-20-7-3-4-8-21(20)31-22)32-26(33(24)14-13-29-25)18-11-9-17(10-12-18)16-30-27(34)19-5-1-2-6-19/h1,3-8,13-15,17-18,31H,2,9-12,16H2,(H2,28,29)(H,30,34). The van der Waals surface area contributed by atoms with E-state index in [0.29, 0.717) is 17.7 Å². The normalized spacial score (nSPS) is 20.2. The number of imidazole rings is 1. The molecule has 4 aromatic rings. The van der Waals surface area contributed by atoms with Gasteiger partial charge in [-0.05, 0) is 50.2 Å². The first-order valence-electron chi connectivity index (χ1n) is 12.0. The smallest absolute Gasteiger partial charge is 0.250 e. The molecule has 2 aliphatic rings. The zero-order valence-corrected chi connectivity index (χ0v) is 19.0. The van der Waals surface area contributed by atoms with Crippen molar-refractivity contribution in [2.75, 3.05) is 12.3 Å². The number of allylic oxidation sites excluding steroid dienone is 2. The molecule has 7 heteroatoms. The van der Waals surface area contributed by atoms with Gasteiger partial charge in [-0.2, -0.15) is 0 Å². The fourth-order valence-corrected chi connectivity index (χ4v) is 5.35. The van der Waals surface area contributed by atoms with Gasteiger partial charge in [0.1, 0.15) is 22.9 Å². The minimum atomic E-state index is 0.0427. The van der Waals surface area contributed by atoms with Crippen LogP contribution >= 0.6 is 0 Å². The Morgan fingerprint density at radius 1 is 1.21 bits per heavy atom. The van der Waals surface area contributed by atoms with Gasteiger partial charge in [-0.1, -0.05) is 36.4 Å². The Morgan fingerprint density at radius 2 is 2.06 bits per heavy atom. The molecular formula is C27H28N6O. The van der Waals surface area contributed by atoms with Crippen molar-refractivity contribution in [1.29, 1.82) is 0 Å². The van der Waals surface area contributed by atoms with Gasteiger partial charge >= 0.3 is 0 Å². The van der Waals surface area contributed by atoms with Crippen molar-refractivity contribution < 1.29 is 4.79 Å². The molecule has 1 aromatic carbocycles. The van der Waals surface area contributed by atoms with E-state index >= 15 is 0 Å². The van der Waals surface area contributed by atoms with Crippen molar-refractivity contribution in [2.45, 2.75) is 38.0 Å². The maximum Gasteiger partial charge on any atom is 0.250 e. The number of H-pyrrole nitrogens is 1. The lowest BCUT2D eigenvalue weighted by atomic mass is 9.81. The number of nitrogen functional groups attached to an aromatic ring is 1. The molecule has 1 saturated carbocycles. The zero-order chi connectivity index (χ0) is 23.1. The number of nitrogens with zero attached hydrogens (tertiary/aromatic N) is 3. The number of carbonyl (C=O) groups excluding carboxylic acids is 1. The number of fused-ring (bicyclic) bond motifs is 2. The van der Waals surface area contributed by atoms with Crippen LogP contribution in [0.3, 0.4) is 0 Å². The second-order valence-electron chi connectivity index (χ2n) is 9.35. The highest BCUT2D eigenvalue weighted by Gasteiger charge is 2.28. The van der Waals surface area contributed by atoms with Crippen LogP contribution in [0, 0.1) is 5.92 Å². The Morgan fingerprint density at radius 3 is 2.85 bits per heavy atom. The molecule has 2 aliphatic carbocycles. The van der Waals surface area contributed by atoms with Gasteiger partial charge in [-0.25, -0.2) is 9.97 Å². The Hall–Kier alpha value is -3.87. The molecule has 0 atom stereocenters. The molecule has 0 spiro atoms. The molecule has 6 rings (SSSR count). The highest BCUT2D eigenvalue weighted by molar-refractivity contribution is 5.96. The second kappa shape index (κ2) is 8.48. The summed E-state index contributed by atoms with van der Waals surface area (Å²) in [6.07, 6.45) is 14.7. The van der Waals surface area contributed by atoms with Crippen molar-refractivity contribution in [1.82, 2.24) is 24.7 Å². The van der Waals surface area contributed by atoms with E-state index in [9.17, 15) is 4.79 Å². The average molecular weight is 453 g/mol. The van der Waals surface area contributed by atoms with Gasteiger partial charge in [-0.3, -0.25) is 9.20 Å². The number of amides is 1. The molecule has 3 heterocycles. The first-order chi connectivity index (χ1) is 16.7. The summed E-state index contributed by atoms with van der Waals surface area (Å²) >= 11 is 0. The molecule has 7 nitrogen and oxygen atoms in total. The second-order valence-corrected chi connectivity index (χ2v) is 9.35. The fourth-order valence-electron chi connectivity index (χ4n) is 5.35. The molecule has 1 amide bonds. The van der Waals surface area contributed by atoms with Gasteiger partial charge in [0, 0.05) is 41.3 Å². The van der Waals surface area contributed by atoms with E-state index in [0.717, 1.165) is 77.9 Å². The van der Waals surface area contributed by atoms with Crippen LogP contribution in [0.1, 0.15) is 43.8 Å². The molecule has 0 bridgehead atoms. The Kier molecular flexibility index (Phi) is 5.17. The van der Waals surface area contributed by atoms with Gasteiger partial charge < -0.3 is 16.0 Å². The van der Waals surface area contributed by atoms with E-state index in [4.69, 9.17) is 10.7 Å². The summed E-state index contributed by atoms with van der Waals surface area (Å²) in [6, 6.07) is 10.4. The first-order valence-corrected chi connectivity index (χ1v) is 12.0. The van der Waals surface area contributed by atoms with Crippen LogP contribution in [-0.4, -0.2) is 31.8 Å². The van der Waals surface area contributed by atoms with Gasteiger partial charge in [0.15, 0.2) is 0 Å². The number of rotatable bonds is 5. The maximum absolute atomic E-state index is 12.3. The minimum absolute atomic E-state index is 0.0427. The Bertz CT molecular complexity index is 1400. The molecule has 1 fully saturated rings. The number of nitrogens with one attached hydrogen (secondary N) is 2. The molecule has 0 unspecified atom stereocenters. The number of benzene rings is 1. The number of hydrogen-bond donors (Lipinski definition) is 3. The topological polar surface area (TPSA) is 101 Å². The zero-order valence-electron chi connectivity index (χ0n) is 19.0. The van der Waals surface area contributed by atoms with Crippen molar-refractivity contribution in [3.05, 3.63) is 72.4 Å². The number of aromatic amines is 1. The molecule has 0 radical (unpaired) electrons. The monoisotopic (exact) mass is 452 g/mol. The number of aromatic nitrogens is 4. The lowest BCUT2D eigenvalue weighted by molar-refractivity contribution is -0.117. The van der Waals surface area contributed by atoms with E-state index in [2.05, 4.69) is 37.9 Å². The maximum atomic E-state index is 12.3. The Labute approximate surface area is 197 Å². The predicted octanol–water partition coefficient (Wildman–Crippen LogP) is 4.74. The van der Waals surface area contributed by atoms with Crippen LogP contribution in [0.5, 0.6) is 0 Å². The number of anilines is 1. The summed E-state index contributed by atoms with van der Waals surface area (Å²) in [5.74, 6) is 2.42. The van der Waals surface area contributed by atoms with E-state index in [-0.39, 0.29) is 5.91 Å². The number of carbonyl (C=O) groups is 1. The van der Waals surface area contributed by atoms with E-state index in [1.165, 1.54) is 0 Å². The molecule has 172 valence electrons. The molecule has 0 saturated heterocycles. The third kappa shape index (κ3) is 3.67. The molecule has 4 N–H and O–H groups in total. The quantitative estimate of drug-likeness (QED) is 0.407. The van der Waals surface area contributed by atoms with Crippen LogP contribution in [-0.2, 0) is 4.79 Å². The fraction of sp³-hybridized carbons (Fsp3) is 0.296. The summed E-state index contributed by atoms with van der Waals surface area (Å²) in [5.41, 5.74) is 10.9. The summed E-state index contributed by atoms with van der Waals surface area (Å²) in [5, 5.41) is 4.26. The average Bonchev–Trinajstić information content (AvgIpc) is 3.61. The van der Waals surface area contributed by atoms with Gasteiger partial charge in [0.25, 0.3) is 5.91 Å². The predicted molar refractivity (Wildman–Crippen MR) is 134 cm³/mol. The van der Waals surface area contributed by atoms with Crippen LogP contribution in [0.2, 0.25) is 0 Å². The number of hydrogen-bond acceptors (Lipinski definition) is 4. The van der Waals surface area contributed by atoms with Crippen LogP contribution < -0.4 is 11.1 Å². The van der Waals surface area contributed by atoms with Crippen LogP contribution in [0.25, 0.3) is 27.8 Å². The third-order valence-corrected chi connectivity index (χ3v) is 7.19. The summed E-state index contributed by atoms with van der Waals surface area (Å²) in [7, 11) is 0. The van der Waals surface area contributed by atoms with Crippen molar-refractivity contribution >= 4 is 28.1 Å². The highest BCUT2D eigenvalue weighted by atomic mass is 16.1. The Balaban J connectivity index is 1.23. The van der Waals surface area contributed by atoms with E-state index in [1.807, 2.05) is 36.6 Å². The lowest BCUT2D eigenvalue weighted by Gasteiger charge is -2.28. The van der Waals surface area contributed by atoms with E-state index < -0.39 is 0 Å². The summed E-state index contributed by atoms with van der Waals surface area (Å²) in [4.78, 5) is 25.2. The third-order valence-electron chi connectivity index (χ3n) is 7.19. The van der Waals surface area contributed by atoms with Gasteiger partial charge in [0.2, 0.25) is 0 Å². The number of nitrogens with two attached hydrogens (primary N) is 1. The van der Waals surface area contributed by atoms with Crippen LogP contribution in [0.4, 0.5) is 5.82 Å². The lowest BCUT2D eigenvalue weighted by Crippen LogP contribution is -2.31. The summed E-state index contributed by atoms with van der Waals surface area (Å²) < 4.78 is 2.12. The van der Waals surface area contributed by atoms with Crippen molar-refractivity contribution in [3.8, 4) is 11.4 Å². The minimum Gasteiger partial charge on any atom is -0.382 e. The molecule has 3 aromatic heterocycles. The summed E-state index contributed by atoms with van der Waals surface area (Å²) in [6.45, 7) is 0.732. The van der Waals surface area contributed by atoms with Crippen LogP contribution in [0.15, 0.2) is 66.5 Å². The van der Waals surface area contributed by atoms with Crippen molar-refractivity contribution in [2.24, 2.45) is 5.92 Å². The molecule has 0 aliphatic heterocycles. The number of para-hydroxylation sites is 1. The van der Waals surface area contributed by atoms with E-state index in [1.54, 1.807) is 6.20 Å². The van der Waals surface area contributed by atoms with Crippen molar-refractivity contribution in [3.63, 3.8) is 0 Å². The highest BCUT2D eigenvalue weighted by Crippen LogP contribution is 2.38. The largest absolute Gasteiger partial charge is 0.382 e. The molecular weight excluding hydrogens is 424 g/mol.